The third-order valence-electron chi connectivity index (χ3n) is 3.04. The summed E-state index contributed by atoms with van der Waals surface area (Å²) in [6.07, 6.45) is 3.82. The van der Waals surface area contributed by atoms with Gasteiger partial charge in [-0.15, -0.1) is 6.58 Å². The Morgan fingerprint density at radius 1 is 1.50 bits per heavy atom. The van der Waals surface area contributed by atoms with Crippen LogP contribution < -0.4 is 4.90 Å². The second-order valence-corrected chi connectivity index (χ2v) is 4.09. The summed E-state index contributed by atoms with van der Waals surface area (Å²) in [5, 5.41) is 0. The summed E-state index contributed by atoms with van der Waals surface area (Å²) in [6.45, 7) is 11.1. The summed E-state index contributed by atoms with van der Waals surface area (Å²) in [5.41, 5.74) is 1.32. The molecule has 0 spiro atoms. The predicted octanol–water partition coefficient (Wildman–Crippen LogP) is 1.91. The lowest BCUT2D eigenvalue weighted by atomic mass is 10.2. The number of aromatic nitrogens is 1. The van der Waals surface area contributed by atoms with Crippen LogP contribution in [0.3, 0.4) is 0 Å². The van der Waals surface area contributed by atoms with Gasteiger partial charge in [-0.1, -0.05) is 19.1 Å². The largest absolute Gasteiger partial charge is 0.351 e. The van der Waals surface area contributed by atoms with Gasteiger partial charge in [0.25, 0.3) is 0 Å². The summed E-state index contributed by atoms with van der Waals surface area (Å²) < 4.78 is 0. The van der Waals surface area contributed by atoms with Crippen LogP contribution in [0.5, 0.6) is 0 Å². The molecule has 0 saturated carbocycles. The van der Waals surface area contributed by atoms with Gasteiger partial charge in [-0.25, -0.2) is 4.98 Å². The summed E-state index contributed by atoms with van der Waals surface area (Å²) in [4.78, 5) is 9.25. The summed E-state index contributed by atoms with van der Waals surface area (Å²) in [5.74, 6) is 1.12. The normalized spacial score (nSPS) is 16.7. The van der Waals surface area contributed by atoms with Crippen molar-refractivity contribution >= 4 is 5.82 Å². The SMILES string of the molecule is C=CCN1CCN(CC)Cc2cccnc21. The molecule has 1 aromatic rings. The van der Waals surface area contributed by atoms with E-state index in [0.717, 1.165) is 38.5 Å². The fourth-order valence-corrected chi connectivity index (χ4v) is 2.13. The van der Waals surface area contributed by atoms with Crippen LogP contribution in [0, 0.1) is 0 Å². The Hall–Kier alpha value is -1.35. The minimum absolute atomic E-state index is 0.877. The molecule has 0 fully saturated rings. The molecule has 0 radical (unpaired) electrons. The van der Waals surface area contributed by atoms with E-state index in [-0.39, 0.29) is 0 Å². The second kappa shape index (κ2) is 5.12. The van der Waals surface area contributed by atoms with Crippen molar-refractivity contribution in [2.75, 3.05) is 31.1 Å². The van der Waals surface area contributed by atoms with E-state index >= 15 is 0 Å². The van der Waals surface area contributed by atoms with Crippen molar-refractivity contribution in [3.63, 3.8) is 0 Å². The van der Waals surface area contributed by atoms with Crippen molar-refractivity contribution < 1.29 is 0 Å². The molecule has 1 aliphatic rings. The molecule has 1 aliphatic heterocycles. The fraction of sp³-hybridized carbons (Fsp3) is 0.462. The Balaban J connectivity index is 2.29. The zero-order valence-electron chi connectivity index (χ0n) is 9.89. The standard InChI is InChI=1S/C13H19N3/c1-3-8-16-10-9-15(4-2)11-12-6-5-7-14-13(12)16/h3,5-7H,1,4,8-11H2,2H3. The van der Waals surface area contributed by atoms with E-state index in [4.69, 9.17) is 0 Å². The van der Waals surface area contributed by atoms with Crippen LogP contribution in [0.2, 0.25) is 0 Å². The number of rotatable bonds is 3. The number of nitrogens with zero attached hydrogens (tertiary/aromatic N) is 3. The molecular weight excluding hydrogens is 198 g/mol. The maximum Gasteiger partial charge on any atom is 0.133 e. The molecule has 0 unspecified atom stereocenters. The minimum Gasteiger partial charge on any atom is -0.351 e. The second-order valence-electron chi connectivity index (χ2n) is 4.09. The lowest BCUT2D eigenvalue weighted by Crippen LogP contribution is -2.31. The molecule has 0 aliphatic carbocycles. The molecule has 0 atom stereocenters. The third kappa shape index (κ3) is 2.25. The molecule has 86 valence electrons. The molecule has 0 saturated heterocycles. The molecule has 16 heavy (non-hydrogen) atoms. The number of fused-ring (bicyclic) bond motifs is 1. The van der Waals surface area contributed by atoms with Crippen LogP contribution in [0.1, 0.15) is 12.5 Å². The highest BCUT2D eigenvalue weighted by molar-refractivity contribution is 5.48. The Kier molecular flexibility index (Phi) is 3.57. The Labute approximate surface area is 97.4 Å². The first-order valence-electron chi connectivity index (χ1n) is 5.87. The van der Waals surface area contributed by atoms with Gasteiger partial charge in [0.05, 0.1) is 0 Å². The number of hydrogen-bond donors (Lipinski definition) is 0. The molecule has 2 rings (SSSR count). The third-order valence-corrected chi connectivity index (χ3v) is 3.04. The van der Waals surface area contributed by atoms with Crippen molar-refractivity contribution in [2.45, 2.75) is 13.5 Å². The maximum atomic E-state index is 4.50. The molecular formula is C13H19N3. The molecule has 3 nitrogen and oxygen atoms in total. The summed E-state index contributed by atoms with van der Waals surface area (Å²) in [7, 11) is 0. The van der Waals surface area contributed by atoms with Gasteiger partial charge in [-0.3, -0.25) is 4.90 Å². The highest BCUT2D eigenvalue weighted by Gasteiger charge is 2.18. The highest BCUT2D eigenvalue weighted by Crippen LogP contribution is 2.21. The van der Waals surface area contributed by atoms with E-state index in [2.05, 4.69) is 34.4 Å². The zero-order chi connectivity index (χ0) is 11.4. The maximum absolute atomic E-state index is 4.50. The van der Waals surface area contributed by atoms with Crippen LogP contribution >= 0.6 is 0 Å². The first kappa shape index (κ1) is 11.1. The van der Waals surface area contributed by atoms with E-state index < -0.39 is 0 Å². The van der Waals surface area contributed by atoms with Gasteiger partial charge in [-0.05, 0) is 12.6 Å². The van der Waals surface area contributed by atoms with Gasteiger partial charge >= 0.3 is 0 Å². The van der Waals surface area contributed by atoms with Gasteiger partial charge in [-0.2, -0.15) is 0 Å². The lowest BCUT2D eigenvalue weighted by molar-refractivity contribution is 0.293. The van der Waals surface area contributed by atoms with E-state index in [1.807, 2.05) is 18.3 Å². The molecule has 2 heterocycles. The van der Waals surface area contributed by atoms with Crippen molar-refractivity contribution in [3.8, 4) is 0 Å². The van der Waals surface area contributed by atoms with Crippen molar-refractivity contribution in [3.05, 3.63) is 36.5 Å². The van der Waals surface area contributed by atoms with Crippen molar-refractivity contribution in [2.24, 2.45) is 0 Å². The van der Waals surface area contributed by atoms with Crippen molar-refractivity contribution in [1.82, 2.24) is 9.88 Å². The molecule has 1 aromatic heterocycles. The molecule has 0 bridgehead atoms. The Morgan fingerprint density at radius 3 is 3.12 bits per heavy atom. The van der Waals surface area contributed by atoms with Crippen molar-refractivity contribution in [1.29, 1.82) is 0 Å². The van der Waals surface area contributed by atoms with E-state index in [0.29, 0.717) is 0 Å². The highest BCUT2D eigenvalue weighted by atomic mass is 15.2. The van der Waals surface area contributed by atoms with Crippen LogP contribution in [-0.4, -0.2) is 36.1 Å². The van der Waals surface area contributed by atoms with Crippen LogP contribution in [0.4, 0.5) is 5.82 Å². The van der Waals surface area contributed by atoms with E-state index in [9.17, 15) is 0 Å². The average Bonchev–Trinajstić information content (AvgIpc) is 2.50. The molecule has 0 N–H and O–H groups in total. The molecule has 0 amide bonds. The summed E-state index contributed by atoms with van der Waals surface area (Å²) in [6, 6.07) is 4.19. The number of hydrogen-bond acceptors (Lipinski definition) is 3. The topological polar surface area (TPSA) is 19.4 Å². The first-order chi connectivity index (χ1) is 7.85. The van der Waals surface area contributed by atoms with Gasteiger partial charge in [0.2, 0.25) is 0 Å². The monoisotopic (exact) mass is 217 g/mol. The smallest absolute Gasteiger partial charge is 0.133 e. The predicted molar refractivity (Wildman–Crippen MR) is 67.6 cm³/mol. The van der Waals surface area contributed by atoms with Gasteiger partial charge in [0.15, 0.2) is 0 Å². The Bertz CT molecular complexity index is 362. The number of likely N-dealkylation sites (N-methyl/N-ethyl adjacent to an activating group) is 1. The fourth-order valence-electron chi connectivity index (χ4n) is 2.13. The zero-order valence-corrected chi connectivity index (χ0v) is 9.89. The van der Waals surface area contributed by atoms with Gasteiger partial charge < -0.3 is 4.90 Å². The van der Waals surface area contributed by atoms with Crippen LogP contribution in [-0.2, 0) is 6.54 Å². The number of anilines is 1. The lowest BCUT2D eigenvalue weighted by Gasteiger charge is -2.21. The minimum atomic E-state index is 0.877. The first-order valence-corrected chi connectivity index (χ1v) is 5.87. The molecule has 3 heteroatoms. The molecule has 0 aromatic carbocycles. The average molecular weight is 217 g/mol. The van der Waals surface area contributed by atoms with Crippen LogP contribution in [0.15, 0.2) is 31.0 Å². The van der Waals surface area contributed by atoms with E-state index in [1.54, 1.807) is 0 Å². The van der Waals surface area contributed by atoms with E-state index in [1.165, 1.54) is 5.56 Å². The van der Waals surface area contributed by atoms with Crippen LogP contribution in [0.25, 0.3) is 0 Å². The number of pyridine rings is 1. The Morgan fingerprint density at radius 2 is 2.38 bits per heavy atom. The van der Waals surface area contributed by atoms with Gasteiger partial charge in [0, 0.05) is 37.9 Å². The van der Waals surface area contributed by atoms with Gasteiger partial charge in [0.1, 0.15) is 5.82 Å². The summed E-state index contributed by atoms with van der Waals surface area (Å²) >= 11 is 0. The quantitative estimate of drug-likeness (QED) is 0.721.